The lowest BCUT2D eigenvalue weighted by atomic mass is 10.2. The summed E-state index contributed by atoms with van der Waals surface area (Å²) in [6, 6.07) is 3.36. The van der Waals surface area contributed by atoms with Crippen molar-refractivity contribution >= 4 is 5.69 Å². The first-order valence-electron chi connectivity index (χ1n) is 3.76. The van der Waals surface area contributed by atoms with Crippen LogP contribution in [0, 0.1) is 0 Å². The molecule has 0 saturated heterocycles. The van der Waals surface area contributed by atoms with Crippen molar-refractivity contribution in [3.05, 3.63) is 28.2 Å². The average molecular weight is 150 g/mol. The number of nitrogens with zero attached hydrogens (tertiary/aromatic N) is 1. The van der Waals surface area contributed by atoms with Gasteiger partial charge in [0.2, 0.25) is 0 Å². The molecule has 0 radical (unpaired) electrons. The first kappa shape index (κ1) is 6.46. The Kier molecular flexibility index (Phi) is 1.24. The van der Waals surface area contributed by atoms with E-state index in [1.165, 1.54) is 6.07 Å². The van der Waals surface area contributed by atoms with Gasteiger partial charge in [-0.2, -0.15) is 0 Å². The number of hydrogen-bond donors (Lipinski definition) is 1. The van der Waals surface area contributed by atoms with Crippen LogP contribution in [0.1, 0.15) is 12.1 Å². The predicted octanol–water partition coefficient (Wildman–Crippen LogP) is 0.377. The van der Waals surface area contributed by atoms with Crippen molar-refractivity contribution < 1.29 is 0 Å². The molecule has 1 aliphatic rings. The molecule has 58 valence electrons. The summed E-state index contributed by atoms with van der Waals surface area (Å²) >= 11 is 0. The highest BCUT2D eigenvalue weighted by atomic mass is 16.1. The monoisotopic (exact) mass is 150 g/mol. The number of fused-ring (bicyclic) bond motifs is 1. The second-order valence-corrected chi connectivity index (χ2v) is 2.87. The molecular formula is C8H10N2O. The zero-order chi connectivity index (χ0) is 7.84. The van der Waals surface area contributed by atoms with E-state index in [0.29, 0.717) is 5.69 Å². The van der Waals surface area contributed by atoms with E-state index in [0.717, 1.165) is 25.1 Å². The molecule has 1 aromatic heterocycles. The van der Waals surface area contributed by atoms with Gasteiger partial charge >= 0.3 is 0 Å². The summed E-state index contributed by atoms with van der Waals surface area (Å²) in [6.45, 7) is 0.856. The smallest absolute Gasteiger partial charge is 0.252 e. The second kappa shape index (κ2) is 2.12. The zero-order valence-electron chi connectivity index (χ0n) is 6.21. The Bertz CT molecular complexity index is 340. The minimum atomic E-state index is 0.0394. The summed E-state index contributed by atoms with van der Waals surface area (Å²) in [4.78, 5) is 11.2. The molecule has 3 nitrogen and oxygen atoms in total. The van der Waals surface area contributed by atoms with Crippen molar-refractivity contribution in [2.45, 2.75) is 19.4 Å². The minimum absolute atomic E-state index is 0.0394. The molecule has 0 bridgehead atoms. The summed E-state index contributed by atoms with van der Waals surface area (Å²) in [5.41, 5.74) is 7.22. The highest BCUT2D eigenvalue weighted by Gasteiger charge is 2.10. The van der Waals surface area contributed by atoms with Crippen LogP contribution >= 0.6 is 0 Å². The van der Waals surface area contributed by atoms with Gasteiger partial charge in [-0.15, -0.1) is 0 Å². The summed E-state index contributed by atoms with van der Waals surface area (Å²) in [7, 11) is 0. The molecule has 0 fully saturated rings. The minimum Gasteiger partial charge on any atom is -0.399 e. The summed E-state index contributed by atoms with van der Waals surface area (Å²) in [6.07, 6.45) is 2.05. The Morgan fingerprint density at radius 2 is 2.27 bits per heavy atom. The van der Waals surface area contributed by atoms with Crippen LogP contribution in [-0.4, -0.2) is 4.57 Å². The van der Waals surface area contributed by atoms with Crippen LogP contribution in [-0.2, 0) is 13.0 Å². The Morgan fingerprint density at radius 1 is 1.45 bits per heavy atom. The van der Waals surface area contributed by atoms with E-state index in [1.807, 2.05) is 6.07 Å². The van der Waals surface area contributed by atoms with Gasteiger partial charge in [-0.25, -0.2) is 0 Å². The molecule has 0 unspecified atom stereocenters. The lowest BCUT2D eigenvalue weighted by Crippen LogP contribution is -2.18. The fraction of sp³-hybridized carbons (Fsp3) is 0.375. The first-order valence-corrected chi connectivity index (χ1v) is 3.76. The van der Waals surface area contributed by atoms with Crippen LogP contribution in [0.4, 0.5) is 5.69 Å². The maximum absolute atomic E-state index is 11.2. The van der Waals surface area contributed by atoms with Gasteiger partial charge < -0.3 is 10.3 Å². The predicted molar refractivity (Wildman–Crippen MR) is 43.4 cm³/mol. The highest BCUT2D eigenvalue weighted by Crippen LogP contribution is 2.13. The molecule has 3 heteroatoms. The van der Waals surface area contributed by atoms with Crippen molar-refractivity contribution in [3.8, 4) is 0 Å². The molecule has 2 N–H and O–H groups in total. The Morgan fingerprint density at radius 3 is 3.09 bits per heavy atom. The molecule has 0 aromatic carbocycles. The van der Waals surface area contributed by atoms with Gasteiger partial charge in [0, 0.05) is 24.0 Å². The molecular weight excluding hydrogens is 140 g/mol. The maximum atomic E-state index is 11.2. The van der Waals surface area contributed by atoms with Crippen LogP contribution < -0.4 is 11.3 Å². The second-order valence-electron chi connectivity index (χ2n) is 2.87. The zero-order valence-corrected chi connectivity index (χ0v) is 6.21. The fourth-order valence-corrected chi connectivity index (χ4v) is 1.55. The van der Waals surface area contributed by atoms with E-state index < -0.39 is 0 Å². The third-order valence-electron chi connectivity index (χ3n) is 2.05. The lowest BCUT2D eigenvalue weighted by molar-refractivity contribution is 0.721. The van der Waals surface area contributed by atoms with E-state index >= 15 is 0 Å². The van der Waals surface area contributed by atoms with E-state index in [9.17, 15) is 4.79 Å². The topological polar surface area (TPSA) is 48.0 Å². The molecule has 0 saturated carbocycles. The normalized spacial score (nSPS) is 14.9. The van der Waals surface area contributed by atoms with Crippen LogP contribution in [0.2, 0.25) is 0 Å². The number of nitrogen functional groups attached to an aromatic ring is 1. The summed E-state index contributed by atoms with van der Waals surface area (Å²) in [5.74, 6) is 0. The van der Waals surface area contributed by atoms with Crippen molar-refractivity contribution in [3.63, 3.8) is 0 Å². The number of nitrogens with two attached hydrogens (primary N) is 1. The molecule has 0 atom stereocenters. The van der Waals surface area contributed by atoms with Crippen molar-refractivity contribution in [1.82, 2.24) is 4.57 Å². The highest BCUT2D eigenvalue weighted by molar-refractivity contribution is 5.38. The molecule has 0 spiro atoms. The van der Waals surface area contributed by atoms with Gasteiger partial charge in [-0.1, -0.05) is 0 Å². The van der Waals surface area contributed by atoms with Gasteiger partial charge in [0.25, 0.3) is 5.56 Å². The lowest BCUT2D eigenvalue weighted by Gasteiger charge is -2.01. The number of anilines is 1. The molecule has 11 heavy (non-hydrogen) atoms. The molecule has 1 aromatic rings. The van der Waals surface area contributed by atoms with Gasteiger partial charge in [-0.3, -0.25) is 4.79 Å². The van der Waals surface area contributed by atoms with Gasteiger partial charge in [0.05, 0.1) is 0 Å². The fourth-order valence-electron chi connectivity index (χ4n) is 1.55. The van der Waals surface area contributed by atoms with E-state index in [2.05, 4.69) is 0 Å². The number of aryl methyl sites for hydroxylation is 1. The summed E-state index contributed by atoms with van der Waals surface area (Å²) in [5, 5.41) is 0. The molecule has 1 aliphatic heterocycles. The van der Waals surface area contributed by atoms with Crippen LogP contribution in [0.25, 0.3) is 0 Å². The number of aromatic nitrogens is 1. The van der Waals surface area contributed by atoms with Crippen LogP contribution in [0.3, 0.4) is 0 Å². The third kappa shape index (κ3) is 0.926. The number of pyridine rings is 1. The standard InChI is InChI=1S/C8H10N2O/c9-6-4-7-2-1-3-10(7)8(11)5-6/h4-5H,1-3,9H2. The van der Waals surface area contributed by atoms with E-state index in [4.69, 9.17) is 5.73 Å². The summed E-state index contributed by atoms with van der Waals surface area (Å²) < 4.78 is 1.79. The quantitative estimate of drug-likeness (QED) is 0.581. The largest absolute Gasteiger partial charge is 0.399 e. The van der Waals surface area contributed by atoms with E-state index in [-0.39, 0.29) is 5.56 Å². The van der Waals surface area contributed by atoms with Gasteiger partial charge in [0.15, 0.2) is 0 Å². The van der Waals surface area contributed by atoms with E-state index in [1.54, 1.807) is 4.57 Å². The number of hydrogen-bond acceptors (Lipinski definition) is 2. The Hall–Kier alpha value is -1.25. The van der Waals surface area contributed by atoms with Gasteiger partial charge in [0.1, 0.15) is 0 Å². The SMILES string of the molecule is Nc1cc2n(c(=O)c1)CCC2. The molecule has 0 aliphatic carbocycles. The van der Waals surface area contributed by atoms with Crippen molar-refractivity contribution in [2.24, 2.45) is 0 Å². The number of rotatable bonds is 0. The van der Waals surface area contributed by atoms with Crippen molar-refractivity contribution in [2.75, 3.05) is 5.73 Å². The van der Waals surface area contributed by atoms with Crippen LogP contribution in [0.15, 0.2) is 16.9 Å². The molecule has 2 rings (SSSR count). The third-order valence-corrected chi connectivity index (χ3v) is 2.05. The maximum Gasteiger partial charge on any atom is 0.252 e. The average Bonchev–Trinajstić information content (AvgIpc) is 2.34. The van der Waals surface area contributed by atoms with Crippen molar-refractivity contribution in [1.29, 1.82) is 0 Å². The van der Waals surface area contributed by atoms with Gasteiger partial charge in [-0.05, 0) is 18.9 Å². The Labute approximate surface area is 64.5 Å². The molecule has 2 heterocycles. The first-order chi connectivity index (χ1) is 5.27. The molecule has 0 amide bonds. The Balaban J connectivity index is 2.70. The van der Waals surface area contributed by atoms with Crippen LogP contribution in [0.5, 0.6) is 0 Å².